The number of likely N-dealkylation sites (tertiary alicyclic amines) is 1. The van der Waals surface area contributed by atoms with Gasteiger partial charge in [-0.05, 0) is 30.0 Å². The van der Waals surface area contributed by atoms with Gasteiger partial charge in [-0.3, -0.25) is 9.48 Å². The number of amides is 3. The molecule has 0 spiro atoms. The van der Waals surface area contributed by atoms with Crippen LogP contribution in [0.3, 0.4) is 0 Å². The van der Waals surface area contributed by atoms with Crippen molar-refractivity contribution in [3.05, 3.63) is 53.9 Å². The molecule has 1 N–H and O–H groups in total. The van der Waals surface area contributed by atoms with Gasteiger partial charge >= 0.3 is 6.03 Å². The van der Waals surface area contributed by atoms with Crippen LogP contribution >= 0.6 is 0 Å². The van der Waals surface area contributed by atoms with Crippen LogP contribution in [0.5, 0.6) is 0 Å². The maximum atomic E-state index is 12.7. The van der Waals surface area contributed by atoms with Gasteiger partial charge in [0.15, 0.2) is 0 Å². The summed E-state index contributed by atoms with van der Waals surface area (Å²) >= 11 is 0. The molecule has 2 fully saturated rings. The molecule has 0 saturated carbocycles. The van der Waals surface area contributed by atoms with Crippen LogP contribution in [-0.4, -0.2) is 70.9 Å². The van der Waals surface area contributed by atoms with Crippen molar-refractivity contribution in [3.8, 4) is 0 Å². The minimum atomic E-state index is -0.0684. The Morgan fingerprint density at radius 2 is 1.73 bits per heavy atom. The molecule has 2 aliphatic rings. The molecule has 0 unspecified atom stereocenters. The number of benzene rings is 1. The van der Waals surface area contributed by atoms with Crippen molar-refractivity contribution in [1.82, 2.24) is 24.9 Å². The number of hydrogen-bond acceptors (Lipinski definition) is 4. The highest BCUT2D eigenvalue weighted by molar-refractivity contribution is 5.80. The minimum absolute atomic E-state index is 0.0157. The van der Waals surface area contributed by atoms with Crippen LogP contribution in [-0.2, 0) is 22.6 Å². The van der Waals surface area contributed by atoms with E-state index in [0.717, 1.165) is 24.0 Å². The van der Waals surface area contributed by atoms with Crippen LogP contribution in [0, 0.1) is 5.92 Å². The molecule has 8 nitrogen and oxygen atoms in total. The molecule has 1 aromatic carbocycles. The Balaban J connectivity index is 1.26. The number of nitrogens with zero attached hydrogens (tertiary/aromatic N) is 4. The lowest BCUT2D eigenvalue weighted by Gasteiger charge is -2.35. The average Bonchev–Trinajstić information content (AvgIpc) is 3.31. The van der Waals surface area contributed by atoms with E-state index < -0.39 is 0 Å². The fourth-order valence-electron chi connectivity index (χ4n) is 4.11. The van der Waals surface area contributed by atoms with E-state index in [1.807, 2.05) is 44.9 Å². The molecule has 3 amide bonds. The number of nitrogens with one attached hydrogen (secondary N) is 1. The Bertz CT molecular complexity index is 840. The van der Waals surface area contributed by atoms with Crippen LogP contribution in [0.4, 0.5) is 4.79 Å². The lowest BCUT2D eigenvalue weighted by molar-refractivity contribution is -0.141. The van der Waals surface area contributed by atoms with E-state index in [0.29, 0.717) is 52.5 Å². The highest BCUT2D eigenvalue weighted by Gasteiger charge is 2.30. The van der Waals surface area contributed by atoms with Crippen LogP contribution < -0.4 is 5.32 Å². The van der Waals surface area contributed by atoms with Crippen molar-refractivity contribution in [2.45, 2.75) is 25.9 Å². The van der Waals surface area contributed by atoms with Gasteiger partial charge < -0.3 is 19.9 Å². The number of carbonyl (C=O) groups excluding carboxylic acids is 2. The summed E-state index contributed by atoms with van der Waals surface area (Å²) in [7, 11) is 0. The quantitative estimate of drug-likeness (QED) is 0.812. The van der Waals surface area contributed by atoms with Gasteiger partial charge in [0.25, 0.3) is 0 Å². The van der Waals surface area contributed by atoms with Crippen LogP contribution in [0.25, 0.3) is 0 Å². The smallest absolute Gasteiger partial charge is 0.317 e. The third-order valence-corrected chi connectivity index (χ3v) is 5.89. The first-order chi connectivity index (χ1) is 14.7. The number of hydrogen-bond donors (Lipinski definition) is 1. The van der Waals surface area contributed by atoms with E-state index in [9.17, 15) is 9.59 Å². The minimum Gasteiger partial charge on any atom is -0.378 e. The van der Waals surface area contributed by atoms with Gasteiger partial charge in [0.2, 0.25) is 5.91 Å². The third-order valence-electron chi connectivity index (χ3n) is 5.89. The SMILES string of the molecule is O=C(NCc1ccccc1Cn1cccn1)N1CCC(C(=O)N2CCOCC2)CC1. The second-order valence-corrected chi connectivity index (χ2v) is 7.83. The number of morpholine rings is 1. The molecule has 0 aliphatic carbocycles. The second-order valence-electron chi connectivity index (χ2n) is 7.83. The van der Waals surface area contributed by atoms with Gasteiger partial charge in [-0.25, -0.2) is 4.79 Å². The molecule has 2 saturated heterocycles. The number of aromatic nitrogens is 2. The van der Waals surface area contributed by atoms with Crippen molar-refractivity contribution in [2.75, 3.05) is 39.4 Å². The van der Waals surface area contributed by atoms with Crippen molar-refractivity contribution in [3.63, 3.8) is 0 Å². The maximum Gasteiger partial charge on any atom is 0.317 e. The topological polar surface area (TPSA) is 79.7 Å². The molecule has 30 heavy (non-hydrogen) atoms. The highest BCUT2D eigenvalue weighted by Crippen LogP contribution is 2.20. The van der Waals surface area contributed by atoms with E-state index in [2.05, 4.69) is 16.5 Å². The molecular weight excluding hydrogens is 382 g/mol. The van der Waals surface area contributed by atoms with Crippen LogP contribution in [0.1, 0.15) is 24.0 Å². The Kier molecular flexibility index (Phi) is 6.63. The first-order valence-electron chi connectivity index (χ1n) is 10.6. The van der Waals surface area contributed by atoms with Gasteiger partial charge in [0.1, 0.15) is 0 Å². The van der Waals surface area contributed by atoms with Crippen molar-refractivity contribution in [2.24, 2.45) is 5.92 Å². The Morgan fingerprint density at radius 1 is 1.00 bits per heavy atom. The zero-order valence-corrected chi connectivity index (χ0v) is 17.2. The molecule has 0 bridgehead atoms. The molecule has 0 radical (unpaired) electrons. The fourth-order valence-corrected chi connectivity index (χ4v) is 4.11. The number of piperidine rings is 1. The molecule has 4 rings (SSSR count). The predicted molar refractivity (Wildman–Crippen MR) is 112 cm³/mol. The molecule has 8 heteroatoms. The molecule has 0 atom stereocenters. The van der Waals surface area contributed by atoms with E-state index in [1.54, 1.807) is 6.20 Å². The summed E-state index contributed by atoms with van der Waals surface area (Å²) in [5, 5.41) is 7.30. The maximum absolute atomic E-state index is 12.7. The Morgan fingerprint density at radius 3 is 2.43 bits per heavy atom. The Labute approximate surface area is 176 Å². The number of carbonyl (C=O) groups is 2. The zero-order chi connectivity index (χ0) is 20.8. The second kappa shape index (κ2) is 9.75. The van der Waals surface area contributed by atoms with E-state index in [-0.39, 0.29) is 17.9 Å². The van der Waals surface area contributed by atoms with Crippen molar-refractivity contribution < 1.29 is 14.3 Å². The molecule has 2 aliphatic heterocycles. The van der Waals surface area contributed by atoms with E-state index in [4.69, 9.17) is 4.74 Å². The van der Waals surface area contributed by atoms with Crippen molar-refractivity contribution >= 4 is 11.9 Å². The molecule has 1 aromatic heterocycles. The number of ether oxygens (including phenoxy) is 1. The third kappa shape index (κ3) is 4.99. The Hall–Kier alpha value is -2.87. The number of rotatable bonds is 5. The molecule has 160 valence electrons. The standard InChI is InChI=1S/C22H29N5O3/c28-21(25-12-14-30-15-13-25)18-6-10-26(11-7-18)22(29)23-16-19-4-1-2-5-20(19)17-27-9-3-8-24-27/h1-5,8-9,18H,6-7,10-17H2,(H,23,29). The van der Waals surface area contributed by atoms with Crippen LogP contribution in [0.15, 0.2) is 42.7 Å². The fraction of sp³-hybridized carbons (Fsp3) is 0.500. The van der Waals surface area contributed by atoms with Gasteiger partial charge in [-0.1, -0.05) is 24.3 Å². The van der Waals surface area contributed by atoms with E-state index >= 15 is 0 Å². The zero-order valence-electron chi connectivity index (χ0n) is 17.2. The lowest BCUT2D eigenvalue weighted by atomic mass is 9.95. The van der Waals surface area contributed by atoms with Gasteiger partial charge in [0.05, 0.1) is 19.8 Å². The number of urea groups is 1. The summed E-state index contributed by atoms with van der Waals surface area (Å²) in [5.74, 6) is 0.229. The summed E-state index contributed by atoms with van der Waals surface area (Å²) in [4.78, 5) is 29.0. The predicted octanol–water partition coefficient (Wildman–Crippen LogP) is 1.71. The normalized spacial score (nSPS) is 17.7. The first-order valence-corrected chi connectivity index (χ1v) is 10.6. The summed E-state index contributed by atoms with van der Waals surface area (Å²) in [5.41, 5.74) is 2.22. The molecule has 3 heterocycles. The van der Waals surface area contributed by atoms with Gasteiger partial charge in [-0.2, -0.15) is 5.10 Å². The molecule has 2 aromatic rings. The summed E-state index contributed by atoms with van der Waals surface area (Å²) in [6.45, 7) is 4.97. The summed E-state index contributed by atoms with van der Waals surface area (Å²) < 4.78 is 7.20. The lowest BCUT2D eigenvalue weighted by Crippen LogP contribution is -2.49. The monoisotopic (exact) mass is 411 g/mol. The summed E-state index contributed by atoms with van der Waals surface area (Å²) in [6, 6.07) is 9.91. The summed E-state index contributed by atoms with van der Waals surface area (Å²) in [6.07, 6.45) is 5.13. The first kappa shape index (κ1) is 20.4. The van der Waals surface area contributed by atoms with Crippen LogP contribution in [0.2, 0.25) is 0 Å². The highest BCUT2D eigenvalue weighted by atomic mass is 16.5. The largest absolute Gasteiger partial charge is 0.378 e. The average molecular weight is 412 g/mol. The van der Waals surface area contributed by atoms with Crippen molar-refractivity contribution in [1.29, 1.82) is 0 Å². The van der Waals surface area contributed by atoms with Gasteiger partial charge in [0, 0.05) is 51.0 Å². The van der Waals surface area contributed by atoms with Gasteiger partial charge in [-0.15, -0.1) is 0 Å². The molecular formula is C22H29N5O3. The van der Waals surface area contributed by atoms with E-state index in [1.165, 1.54) is 0 Å².